The zero-order valence-corrected chi connectivity index (χ0v) is 91.6. The number of hydrogen-bond acceptors (Lipinski definition) is 0. The van der Waals surface area contributed by atoms with Crippen LogP contribution in [-0.2, 0) is 44.4 Å². The third kappa shape index (κ3) is 20.5. The first kappa shape index (κ1) is 99.6. The molecule has 0 N–H and O–H groups in total. The van der Waals surface area contributed by atoms with Gasteiger partial charge in [-0.25, -0.2) is 4.57 Å². The number of fused-ring (bicyclic) bond motifs is 4. The minimum Gasteiger partial charge on any atom is -0.200 e. The lowest BCUT2D eigenvalue weighted by molar-refractivity contribution is -0.665. The van der Waals surface area contributed by atoms with Gasteiger partial charge in [0.05, 0.1) is 38.2 Å². The number of hydrogen-bond donors (Lipinski definition) is 0. The molecular weight excluding hydrogens is 1710 g/mol. The van der Waals surface area contributed by atoms with E-state index in [1.54, 1.807) is 5.56 Å². The summed E-state index contributed by atoms with van der Waals surface area (Å²) in [5.74, 6) is 1.46. The largest absolute Gasteiger partial charge is 0.220 e. The van der Waals surface area contributed by atoms with Gasteiger partial charge in [0.1, 0.15) is 61.9 Å². The van der Waals surface area contributed by atoms with E-state index in [2.05, 4.69) is 483 Å². The maximum Gasteiger partial charge on any atom is 0.220 e. The summed E-state index contributed by atoms with van der Waals surface area (Å²) in [4.78, 5) is 0. The van der Waals surface area contributed by atoms with Crippen molar-refractivity contribution in [1.82, 2.24) is 0 Å². The molecule has 4 heterocycles. The Hall–Kier alpha value is -10.9. The molecule has 0 saturated heterocycles. The van der Waals surface area contributed by atoms with Crippen molar-refractivity contribution in [3.63, 3.8) is 0 Å². The Morgan fingerprint density at radius 2 is 0.581 bits per heavy atom. The van der Waals surface area contributed by atoms with E-state index >= 15 is 0 Å². The molecule has 0 spiro atoms. The van der Waals surface area contributed by atoms with Gasteiger partial charge in [-0.05, 0) is 227 Å². The first-order valence-electron chi connectivity index (χ1n) is 50.6. The number of rotatable bonds is 14. The van der Waals surface area contributed by atoms with Gasteiger partial charge in [-0.2, -0.15) is 13.7 Å². The van der Waals surface area contributed by atoms with Crippen molar-refractivity contribution in [1.29, 1.82) is 0 Å². The summed E-state index contributed by atoms with van der Waals surface area (Å²) < 4.78 is 18.1. The van der Waals surface area contributed by atoms with Crippen LogP contribution in [0.4, 0.5) is 0 Å². The first-order chi connectivity index (χ1) is 64.2. The van der Waals surface area contributed by atoms with Crippen molar-refractivity contribution in [3.05, 3.63) is 357 Å². The first-order valence-corrected chi connectivity index (χ1v) is 62.1. The van der Waals surface area contributed by atoms with Crippen molar-refractivity contribution in [2.75, 3.05) is 0 Å². The van der Waals surface area contributed by atoms with Gasteiger partial charge in [0.15, 0.2) is 23.3 Å². The summed E-state index contributed by atoms with van der Waals surface area (Å²) in [6.45, 7) is 60.6. The van der Waals surface area contributed by atoms with Crippen molar-refractivity contribution in [2.45, 2.75) is 264 Å². The van der Waals surface area contributed by atoms with Crippen LogP contribution in [0.1, 0.15) is 213 Å². The van der Waals surface area contributed by atoms with Crippen LogP contribution in [0.25, 0.3) is 88.1 Å². The van der Waals surface area contributed by atoms with Gasteiger partial charge in [-0.1, -0.05) is 389 Å². The number of aryl methyl sites for hydroxylation is 6. The summed E-state index contributed by atoms with van der Waals surface area (Å²) in [7, 11) is 1.59. The molecule has 12 aromatic carbocycles. The van der Waals surface area contributed by atoms with Crippen LogP contribution in [0.2, 0.25) is 52.4 Å². The van der Waals surface area contributed by atoms with E-state index in [1.165, 1.54) is 243 Å². The maximum atomic E-state index is 8.88. The Kier molecular flexibility index (Phi) is 29.2. The molecule has 0 radical (unpaired) electrons. The second-order valence-corrected chi connectivity index (χ2v) is 63.0. The predicted molar refractivity (Wildman–Crippen MR) is 603 cm³/mol. The van der Waals surface area contributed by atoms with Gasteiger partial charge >= 0.3 is 0 Å². The second kappa shape index (κ2) is 39.9. The molecule has 0 aliphatic heterocycles. The Labute approximate surface area is 825 Å². The molecule has 8 heteroatoms. The van der Waals surface area contributed by atoms with Gasteiger partial charge in [0, 0.05) is 50.6 Å². The van der Waals surface area contributed by atoms with Crippen LogP contribution >= 0.6 is 0 Å². The fourth-order valence-corrected chi connectivity index (χ4v) is 31.2. The van der Waals surface area contributed by atoms with Crippen molar-refractivity contribution in [3.8, 4) is 45.0 Å². The van der Waals surface area contributed by atoms with Crippen LogP contribution in [0.5, 0.6) is 0 Å². The van der Waals surface area contributed by atoms with E-state index in [-0.39, 0.29) is 23.7 Å². The maximum absolute atomic E-state index is 8.88. The van der Waals surface area contributed by atoms with Crippen molar-refractivity contribution in [2.24, 2.45) is 28.2 Å². The summed E-state index contributed by atoms with van der Waals surface area (Å²) in [6, 6.07) is 104. The molecule has 2 saturated carbocycles. The van der Waals surface area contributed by atoms with Crippen LogP contribution < -0.4 is 59.8 Å². The van der Waals surface area contributed by atoms with Crippen LogP contribution in [0.3, 0.4) is 0 Å². The molecule has 4 aromatic heterocycles. The molecule has 2 aliphatic rings. The lowest BCUT2D eigenvalue weighted by Gasteiger charge is -2.28. The van der Waals surface area contributed by atoms with Crippen molar-refractivity contribution < 1.29 is 19.6 Å². The average molecular weight is 1870 g/mol. The van der Waals surface area contributed by atoms with Crippen LogP contribution in [0, 0.1) is 62.3 Å². The average Bonchev–Trinajstić information content (AvgIpc) is 1.62. The zero-order valence-electron chi connectivity index (χ0n) is 88.6. The molecule has 2 aliphatic carbocycles. The molecule has 18 rings (SSSR count). The molecule has 0 unspecified atom stereocenters. The van der Waals surface area contributed by atoms with Gasteiger partial charge in [-0.3, -0.25) is 0 Å². The fraction of sp³-hybridized carbons (Fsp3) is 0.344. The molecule has 136 heavy (non-hydrogen) atoms. The SMILES string of the molecule is C.Cc1cc(C(C)(C)C)cc(-c2c3ccc([Si](C)(C)c4ccccc4)cc3cc(C)[n+]2C)c1C.Cc1cc(C2CCCC2)cc(-c2c3ccc([Si](C)(C)c4ccccc4)cc3cc(C)[n+]2C)c1C.Cc1ccc(C2CCCC2)cc1-c1c2ccc([Si](C)(C)c3ccccc3)cc2cc(C)[n+]1C.[2H]c1cc2cc([Si](C)(C)c3ccccc3)ccc2c(-c2cc(C(C)(C)C)cc(C(C)(C)C)c2C)[n+]1C. The van der Waals surface area contributed by atoms with E-state index < -0.39 is 32.3 Å². The van der Waals surface area contributed by atoms with Crippen molar-refractivity contribution >= 4 is 117 Å². The Morgan fingerprint density at radius 1 is 0.272 bits per heavy atom. The van der Waals surface area contributed by atoms with E-state index in [4.69, 9.17) is 1.37 Å². The number of aromatic nitrogens is 4. The molecule has 16 aromatic rings. The normalized spacial score (nSPS) is 13.7. The Balaban J connectivity index is 0.000000146. The third-order valence-electron chi connectivity index (χ3n) is 31.8. The highest BCUT2D eigenvalue weighted by Crippen LogP contribution is 2.44. The van der Waals surface area contributed by atoms with Crippen LogP contribution in [-0.4, -0.2) is 32.3 Å². The highest BCUT2D eigenvalue weighted by Gasteiger charge is 2.36. The van der Waals surface area contributed by atoms with Gasteiger partial charge < -0.3 is 0 Å². The molecule has 0 atom stereocenters. The summed E-state index contributed by atoms with van der Waals surface area (Å²) >= 11 is 0. The highest BCUT2D eigenvalue weighted by molar-refractivity contribution is 7.02. The molecule has 2 fully saturated rings. The lowest BCUT2D eigenvalue weighted by Crippen LogP contribution is -2.52. The second-order valence-electron chi connectivity index (χ2n) is 45.4. The van der Waals surface area contributed by atoms with Gasteiger partial charge in [0.2, 0.25) is 22.8 Å². The smallest absolute Gasteiger partial charge is 0.200 e. The van der Waals surface area contributed by atoms with E-state index in [9.17, 15) is 0 Å². The summed E-state index contributed by atoms with van der Waals surface area (Å²) in [6.07, 6.45) is 11.4. The van der Waals surface area contributed by atoms with E-state index in [0.29, 0.717) is 6.17 Å². The molecule has 702 valence electrons. The number of benzene rings is 12. The molecule has 4 nitrogen and oxygen atoms in total. The summed E-state index contributed by atoms with van der Waals surface area (Å²) in [5, 5.41) is 22.2. The van der Waals surface area contributed by atoms with E-state index in [1.807, 2.05) is 13.1 Å². The van der Waals surface area contributed by atoms with E-state index in [0.717, 1.165) is 22.9 Å². The van der Waals surface area contributed by atoms with Gasteiger partial charge in [-0.15, -0.1) is 0 Å². The number of nitrogens with zero attached hydrogens (tertiary/aromatic N) is 4. The number of pyridine rings is 4. The molecule has 0 bridgehead atoms. The Bertz CT molecular complexity index is 7170. The third-order valence-corrected chi connectivity index (χ3v) is 45.9. The topological polar surface area (TPSA) is 15.5 Å². The quantitative estimate of drug-likeness (QED) is 0.0762. The highest BCUT2D eigenvalue weighted by atomic mass is 28.3. The predicted octanol–water partition coefficient (Wildman–Crippen LogP) is 27.2. The molecule has 0 amide bonds. The minimum atomic E-state index is -1.85. The molecular formula is C128H158N4Si4+4. The fourth-order valence-electron chi connectivity index (χ4n) is 21.7. The minimum absolute atomic E-state index is 0. The summed E-state index contributed by atoms with van der Waals surface area (Å²) in [5.41, 5.74) is 30.0. The Morgan fingerprint density at radius 3 is 0.941 bits per heavy atom. The monoisotopic (exact) mass is 1860 g/mol. The van der Waals surface area contributed by atoms with Crippen LogP contribution in [0.15, 0.2) is 279 Å². The standard InChI is InChI=1S/C33H42NSi.C32H38NSi.C31H36NSi.C31H38NSi.CH4/c1-23-29(21-25(32(2,3)4)22-30(23)33(5,6)7)31-28-17-16-27(20-24(28)18-19-34(31)8)35(9,10)26-14-12-11-13-15-26;1-22-18-26(25-12-10-11-13-25)21-31(24(22)3)32-30-17-16-29(20-27(30)19-23(2)33(32)4)34(5,6)28-14-8-7-9-15-28;1-22-15-16-25(24-11-9-10-12-24)21-30(22)31-29-18-17-28(20-26(29)19-23(2)32(31)3)33(4,5)27-13-7-6-8-14-27;1-21-17-25(31(4,5)6)20-29(23(21)3)30-28-16-15-27(19-24(28)18-22(2)32(30)7)33(8,9)26-13-11-10-12-14-26;/h11-22H,1-10H3;7-9,14-21,25H,10-13H2,1-6H3;6-8,13-21,24H,9-12H2,1-5H3;10-20H,1-9H3;1H4/q4*+1;/i19D;;;;. The lowest BCUT2D eigenvalue weighted by atomic mass is 9.76. The van der Waals surface area contributed by atoms with Gasteiger partial charge in [0.25, 0.3) is 0 Å². The zero-order chi connectivity index (χ0) is 98.0.